The fourth-order valence-corrected chi connectivity index (χ4v) is 3.71. The van der Waals surface area contributed by atoms with E-state index in [1.807, 2.05) is 16.3 Å². The highest BCUT2D eigenvalue weighted by atomic mass is 32.1. The first-order valence-corrected chi connectivity index (χ1v) is 8.69. The maximum Gasteiger partial charge on any atom is 0.323 e. The van der Waals surface area contributed by atoms with E-state index in [-0.39, 0.29) is 24.5 Å². The van der Waals surface area contributed by atoms with Gasteiger partial charge >= 0.3 is 12.0 Å². The normalized spacial score (nSPS) is 16.9. The first-order valence-electron chi connectivity index (χ1n) is 7.81. The lowest BCUT2D eigenvalue weighted by atomic mass is 10.2. The Kier molecular flexibility index (Phi) is 5.10. The van der Waals surface area contributed by atoms with E-state index in [9.17, 15) is 9.59 Å². The molecule has 7 heteroatoms. The summed E-state index contributed by atoms with van der Waals surface area (Å²) in [6.45, 7) is 0.732. The third-order valence-corrected chi connectivity index (χ3v) is 4.95. The van der Waals surface area contributed by atoms with Gasteiger partial charge in [0.15, 0.2) is 0 Å². The fraction of sp³-hybridized carbons (Fsp3) is 0.353. The van der Waals surface area contributed by atoms with Crippen LogP contribution in [0.5, 0.6) is 0 Å². The topological polar surface area (TPSA) is 71.5 Å². The lowest BCUT2D eigenvalue weighted by Crippen LogP contribution is -2.34. The number of amides is 2. The van der Waals surface area contributed by atoms with Gasteiger partial charge in [0.1, 0.15) is 5.82 Å². The van der Waals surface area contributed by atoms with Gasteiger partial charge in [0.25, 0.3) is 0 Å². The number of anilines is 1. The number of hydrogen-bond donors (Lipinski definition) is 1. The van der Waals surface area contributed by atoms with Crippen molar-refractivity contribution in [2.45, 2.75) is 25.3 Å². The summed E-state index contributed by atoms with van der Waals surface area (Å²) < 4.78 is 4.64. The Balaban J connectivity index is 1.68. The summed E-state index contributed by atoms with van der Waals surface area (Å²) in [7, 11) is 1.34. The predicted molar refractivity (Wildman–Crippen MR) is 92.0 cm³/mol. The molecule has 2 amide bonds. The van der Waals surface area contributed by atoms with Crippen molar-refractivity contribution in [3.05, 3.63) is 46.3 Å². The molecule has 0 saturated carbocycles. The summed E-state index contributed by atoms with van der Waals surface area (Å²) in [6.07, 6.45) is 2.05. The standard InChI is InChI=1S/C17H19N3O3S/c1-23-16(21)11-12-5-2-8-15(18-12)19-17(22)20-9-3-6-13(20)14-7-4-10-24-14/h2,4-5,7-8,10,13H,3,6,9,11H2,1H3,(H,18,19,22). The molecule has 1 aliphatic heterocycles. The molecule has 126 valence electrons. The van der Waals surface area contributed by atoms with E-state index >= 15 is 0 Å². The summed E-state index contributed by atoms with van der Waals surface area (Å²) >= 11 is 1.67. The van der Waals surface area contributed by atoms with Gasteiger partial charge in [-0.1, -0.05) is 12.1 Å². The maximum absolute atomic E-state index is 12.6. The number of likely N-dealkylation sites (tertiary alicyclic amines) is 1. The monoisotopic (exact) mass is 345 g/mol. The van der Waals surface area contributed by atoms with Crippen LogP contribution in [0.3, 0.4) is 0 Å². The molecule has 0 radical (unpaired) electrons. The largest absolute Gasteiger partial charge is 0.469 e. The minimum atomic E-state index is -0.358. The van der Waals surface area contributed by atoms with E-state index in [4.69, 9.17) is 0 Å². The summed E-state index contributed by atoms with van der Waals surface area (Å²) in [6, 6.07) is 9.26. The van der Waals surface area contributed by atoms with Gasteiger partial charge in [-0.25, -0.2) is 9.78 Å². The highest BCUT2D eigenvalue weighted by molar-refractivity contribution is 7.10. The van der Waals surface area contributed by atoms with Gasteiger partial charge in [-0.05, 0) is 36.4 Å². The molecule has 24 heavy (non-hydrogen) atoms. The zero-order valence-corrected chi connectivity index (χ0v) is 14.2. The van der Waals surface area contributed by atoms with Gasteiger partial charge in [0.05, 0.1) is 25.3 Å². The lowest BCUT2D eigenvalue weighted by molar-refractivity contribution is -0.139. The Labute approximate surface area is 144 Å². The Morgan fingerprint density at radius 3 is 3.00 bits per heavy atom. The van der Waals surface area contributed by atoms with E-state index in [0.717, 1.165) is 19.4 Å². The number of methoxy groups -OCH3 is 1. The average molecular weight is 345 g/mol. The molecule has 1 aliphatic rings. The number of esters is 1. The number of rotatable bonds is 4. The van der Waals surface area contributed by atoms with Crippen LogP contribution in [0.25, 0.3) is 0 Å². The van der Waals surface area contributed by atoms with E-state index < -0.39 is 0 Å². The molecule has 2 aromatic rings. The molecule has 1 N–H and O–H groups in total. The molecule has 3 heterocycles. The molecule has 0 bridgehead atoms. The third-order valence-electron chi connectivity index (χ3n) is 3.98. The van der Waals surface area contributed by atoms with E-state index in [1.165, 1.54) is 12.0 Å². The highest BCUT2D eigenvalue weighted by Crippen LogP contribution is 2.34. The first kappa shape index (κ1) is 16.4. The molecule has 1 fully saturated rings. The van der Waals surface area contributed by atoms with Crippen LogP contribution in [-0.2, 0) is 16.0 Å². The molecule has 1 saturated heterocycles. The molecule has 0 aromatic carbocycles. The van der Waals surface area contributed by atoms with Crippen LogP contribution in [0, 0.1) is 0 Å². The van der Waals surface area contributed by atoms with Crippen molar-refractivity contribution in [3.8, 4) is 0 Å². The summed E-state index contributed by atoms with van der Waals surface area (Å²) in [5, 5.41) is 4.87. The quantitative estimate of drug-likeness (QED) is 0.864. The lowest BCUT2D eigenvalue weighted by Gasteiger charge is -2.24. The predicted octanol–water partition coefficient (Wildman–Crippen LogP) is 3.23. The van der Waals surface area contributed by atoms with Crippen LogP contribution in [0.15, 0.2) is 35.7 Å². The Bertz CT molecular complexity index is 718. The summed E-state index contributed by atoms with van der Waals surface area (Å²) in [4.78, 5) is 31.3. The summed E-state index contributed by atoms with van der Waals surface area (Å²) in [5.41, 5.74) is 0.566. The number of ether oxygens (including phenoxy) is 1. The maximum atomic E-state index is 12.6. The van der Waals surface area contributed by atoms with E-state index in [2.05, 4.69) is 21.1 Å². The highest BCUT2D eigenvalue weighted by Gasteiger charge is 2.30. The minimum absolute atomic E-state index is 0.0851. The molecule has 1 atom stereocenters. The van der Waals surface area contributed by atoms with Crippen LogP contribution >= 0.6 is 11.3 Å². The van der Waals surface area contributed by atoms with Crippen LogP contribution in [0.2, 0.25) is 0 Å². The van der Waals surface area contributed by atoms with Crippen LogP contribution in [-0.4, -0.2) is 35.5 Å². The van der Waals surface area contributed by atoms with Crippen molar-refractivity contribution >= 4 is 29.2 Å². The number of nitrogens with one attached hydrogen (secondary N) is 1. The molecular formula is C17H19N3O3S. The number of pyridine rings is 1. The third kappa shape index (κ3) is 3.73. The number of carbonyl (C=O) groups excluding carboxylic acids is 2. The first-order chi connectivity index (χ1) is 11.7. The molecule has 2 aromatic heterocycles. The van der Waals surface area contributed by atoms with Gasteiger partial charge in [0.2, 0.25) is 0 Å². The number of carbonyl (C=O) groups is 2. The number of thiophene rings is 1. The molecule has 0 spiro atoms. The Morgan fingerprint density at radius 1 is 1.38 bits per heavy atom. The summed E-state index contributed by atoms with van der Waals surface area (Å²) in [5.74, 6) is 0.0847. The van der Waals surface area contributed by atoms with Crippen molar-refractivity contribution in [2.75, 3.05) is 19.0 Å². The molecule has 3 rings (SSSR count). The average Bonchev–Trinajstić information content (AvgIpc) is 3.26. The van der Waals surface area contributed by atoms with Gasteiger partial charge in [-0.15, -0.1) is 11.3 Å². The zero-order valence-electron chi connectivity index (χ0n) is 13.4. The molecule has 0 aliphatic carbocycles. The minimum Gasteiger partial charge on any atom is -0.469 e. The SMILES string of the molecule is COC(=O)Cc1cccc(NC(=O)N2CCCC2c2cccs2)n1. The van der Waals surface area contributed by atoms with E-state index in [1.54, 1.807) is 29.5 Å². The van der Waals surface area contributed by atoms with Gasteiger partial charge in [-0.3, -0.25) is 10.1 Å². The number of hydrogen-bond acceptors (Lipinski definition) is 5. The van der Waals surface area contributed by atoms with Gasteiger partial charge in [-0.2, -0.15) is 0 Å². The smallest absolute Gasteiger partial charge is 0.323 e. The molecule has 1 unspecified atom stereocenters. The second kappa shape index (κ2) is 7.44. The Morgan fingerprint density at radius 2 is 2.25 bits per heavy atom. The Hall–Kier alpha value is -2.41. The van der Waals surface area contributed by atoms with Crippen LogP contribution in [0.4, 0.5) is 10.6 Å². The van der Waals surface area contributed by atoms with Gasteiger partial charge < -0.3 is 9.64 Å². The number of nitrogens with zero attached hydrogens (tertiary/aromatic N) is 2. The molecule has 6 nitrogen and oxygen atoms in total. The number of urea groups is 1. The van der Waals surface area contributed by atoms with Crippen molar-refractivity contribution < 1.29 is 14.3 Å². The second-order valence-corrected chi connectivity index (χ2v) is 6.54. The fourth-order valence-electron chi connectivity index (χ4n) is 2.84. The van der Waals surface area contributed by atoms with Gasteiger partial charge in [0, 0.05) is 11.4 Å². The van der Waals surface area contributed by atoms with Crippen molar-refractivity contribution in [2.24, 2.45) is 0 Å². The second-order valence-electron chi connectivity index (χ2n) is 5.56. The van der Waals surface area contributed by atoms with Crippen LogP contribution < -0.4 is 5.32 Å². The van der Waals surface area contributed by atoms with Crippen LogP contribution in [0.1, 0.15) is 29.5 Å². The molecular weight excluding hydrogens is 326 g/mol. The van der Waals surface area contributed by atoms with E-state index in [0.29, 0.717) is 11.5 Å². The van der Waals surface area contributed by atoms with Crippen molar-refractivity contribution in [3.63, 3.8) is 0 Å². The number of aromatic nitrogens is 1. The van der Waals surface area contributed by atoms with Crippen molar-refractivity contribution in [1.29, 1.82) is 0 Å². The van der Waals surface area contributed by atoms with Crippen molar-refractivity contribution in [1.82, 2.24) is 9.88 Å². The zero-order chi connectivity index (χ0) is 16.9.